The molecule has 1 aromatic heterocycles. The molecule has 178 valence electrons. The van der Waals surface area contributed by atoms with E-state index < -0.39 is 18.1 Å². The molecule has 2 atom stereocenters. The van der Waals surface area contributed by atoms with Gasteiger partial charge in [-0.3, -0.25) is 29.9 Å². The number of benzene rings is 1. The molecular formula is C23H20N6O6. The molecule has 12 heteroatoms. The van der Waals surface area contributed by atoms with Crippen LogP contribution >= 0.6 is 0 Å². The van der Waals surface area contributed by atoms with Gasteiger partial charge in [-0.25, -0.2) is 14.6 Å². The van der Waals surface area contributed by atoms with Crippen LogP contribution in [-0.4, -0.2) is 83.4 Å². The number of esters is 1. The quantitative estimate of drug-likeness (QED) is 0.651. The highest BCUT2D eigenvalue weighted by Crippen LogP contribution is 2.43. The minimum Gasteiger partial charge on any atom is -0.491 e. The molecule has 6 rings (SSSR count). The Hall–Kier alpha value is -4.48. The maximum Gasteiger partial charge on any atom is 0.416 e. The summed E-state index contributed by atoms with van der Waals surface area (Å²) in [4.78, 5) is 53.9. The molecule has 2 aromatic rings. The Morgan fingerprint density at radius 2 is 2.14 bits per heavy atom. The molecule has 12 nitrogen and oxygen atoms in total. The number of carbonyl (C=O) groups is 3. The normalized spacial score (nSPS) is 21.6. The largest absolute Gasteiger partial charge is 0.491 e. The van der Waals surface area contributed by atoms with Crippen LogP contribution in [0.2, 0.25) is 0 Å². The van der Waals surface area contributed by atoms with Crippen LogP contribution in [0.3, 0.4) is 0 Å². The lowest BCUT2D eigenvalue weighted by Gasteiger charge is -2.29. The zero-order valence-electron chi connectivity index (χ0n) is 18.6. The summed E-state index contributed by atoms with van der Waals surface area (Å²) in [7, 11) is 1.44. The first-order valence-corrected chi connectivity index (χ1v) is 11.1. The molecule has 0 unspecified atom stereocenters. The van der Waals surface area contributed by atoms with Crippen molar-refractivity contribution in [3.05, 3.63) is 47.8 Å². The first kappa shape index (κ1) is 21.1. The van der Waals surface area contributed by atoms with Gasteiger partial charge in [0.2, 0.25) is 5.96 Å². The number of nitrogens with zero attached hydrogens (tertiary/aromatic N) is 5. The van der Waals surface area contributed by atoms with Crippen LogP contribution < -0.4 is 14.8 Å². The molecule has 0 radical (unpaired) electrons. The van der Waals surface area contributed by atoms with Crippen LogP contribution in [-0.2, 0) is 9.53 Å². The zero-order chi connectivity index (χ0) is 24.1. The van der Waals surface area contributed by atoms with Gasteiger partial charge in [0.15, 0.2) is 11.5 Å². The number of aromatic nitrogens is 1. The molecule has 5 heterocycles. The van der Waals surface area contributed by atoms with Crippen LogP contribution in [0.25, 0.3) is 0 Å². The Labute approximate surface area is 199 Å². The van der Waals surface area contributed by atoms with Gasteiger partial charge in [0, 0.05) is 30.9 Å². The van der Waals surface area contributed by atoms with Gasteiger partial charge in [0.1, 0.15) is 23.7 Å². The Morgan fingerprint density at radius 3 is 2.89 bits per heavy atom. The molecule has 2 fully saturated rings. The van der Waals surface area contributed by atoms with E-state index in [2.05, 4.69) is 20.3 Å². The highest BCUT2D eigenvalue weighted by atomic mass is 16.6. The fourth-order valence-electron chi connectivity index (χ4n) is 4.64. The van der Waals surface area contributed by atoms with Gasteiger partial charge in [0.25, 0.3) is 5.91 Å². The molecule has 2 amide bonds. The number of morpholine rings is 1. The van der Waals surface area contributed by atoms with E-state index in [1.165, 1.54) is 18.2 Å². The lowest BCUT2D eigenvalue weighted by Crippen LogP contribution is -2.47. The summed E-state index contributed by atoms with van der Waals surface area (Å²) in [5.41, 5.74) is 1.44. The fraction of sp³-hybridized carbons (Fsp3) is 0.304. The van der Waals surface area contributed by atoms with E-state index in [1.807, 2.05) is 4.90 Å². The van der Waals surface area contributed by atoms with Crippen molar-refractivity contribution in [2.45, 2.75) is 18.6 Å². The van der Waals surface area contributed by atoms with E-state index in [0.29, 0.717) is 42.2 Å². The lowest BCUT2D eigenvalue weighted by molar-refractivity contribution is -0.149. The van der Waals surface area contributed by atoms with E-state index in [0.717, 1.165) is 0 Å². The first-order valence-electron chi connectivity index (χ1n) is 11.1. The van der Waals surface area contributed by atoms with Crippen LogP contribution in [0, 0.1) is 0 Å². The van der Waals surface area contributed by atoms with Crippen molar-refractivity contribution in [2.24, 2.45) is 9.98 Å². The third kappa shape index (κ3) is 3.45. The number of amides is 2. The van der Waals surface area contributed by atoms with Gasteiger partial charge in [-0.2, -0.15) is 0 Å². The maximum atomic E-state index is 12.8. The number of hydrogen-bond acceptors (Lipinski definition) is 10. The molecule has 2 saturated heterocycles. The number of pyridine rings is 1. The number of ether oxygens (including phenoxy) is 3. The van der Waals surface area contributed by atoms with E-state index in [1.54, 1.807) is 30.5 Å². The van der Waals surface area contributed by atoms with Crippen molar-refractivity contribution in [3.63, 3.8) is 0 Å². The average molecular weight is 476 g/mol. The second-order valence-corrected chi connectivity index (χ2v) is 8.31. The van der Waals surface area contributed by atoms with Crippen LogP contribution in [0.5, 0.6) is 11.5 Å². The molecule has 1 aromatic carbocycles. The minimum atomic E-state index is -0.669. The van der Waals surface area contributed by atoms with E-state index in [-0.39, 0.29) is 36.0 Å². The van der Waals surface area contributed by atoms with Crippen LogP contribution in [0.1, 0.15) is 22.3 Å². The van der Waals surface area contributed by atoms with Crippen molar-refractivity contribution in [1.82, 2.24) is 20.1 Å². The van der Waals surface area contributed by atoms with Crippen molar-refractivity contribution in [3.8, 4) is 11.5 Å². The van der Waals surface area contributed by atoms with Gasteiger partial charge in [-0.05, 0) is 24.3 Å². The van der Waals surface area contributed by atoms with Gasteiger partial charge >= 0.3 is 12.1 Å². The highest BCUT2D eigenvalue weighted by molar-refractivity contribution is 6.20. The number of amidine groups is 1. The number of likely N-dealkylation sites (tertiary alicyclic amines) is 1. The maximum absolute atomic E-state index is 12.8. The molecule has 2 bridgehead atoms. The van der Waals surface area contributed by atoms with Crippen LogP contribution in [0.4, 0.5) is 10.5 Å². The number of guanidine groups is 1. The molecule has 1 N–H and O–H groups in total. The first-order chi connectivity index (χ1) is 17.0. The number of fused-ring (bicyclic) bond motifs is 5. The van der Waals surface area contributed by atoms with Gasteiger partial charge in [-0.1, -0.05) is 0 Å². The smallest absolute Gasteiger partial charge is 0.416 e. The number of nitrogens with one attached hydrogen (secondary N) is 1. The van der Waals surface area contributed by atoms with Crippen molar-refractivity contribution >= 4 is 35.5 Å². The predicted molar refractivity (Wildman–Crippen MR) is 121 cm³/mol. The number of methoxy groups -OCH3 is 1. The molecule has 0 aliphatic carbocycles. The topological polar surface area (TPSA) is 135 Å². The second-order valence-electron chi connectivity index (χ2n) is 8.31. The summed E-state index contributed by atoms with van der Waals surface area (Å²) >= 11 is 0. The van der Waals surface area contributed by atoms with Crippen molar-refractivity contribution < 1.29 is 28.6 Å². The van der Waals surface area contributed by atoms with Gasteiger partial charge < -0.3 is 14.2 Å². The summed E-state index contributed by atoms with van der Waals surface area (Å²) in [6.45, 7) is 1.37. The summed E-state index contributed by atoms with van der Waals surface area (Å²) in [6.07, 6.45) is 2.55. The predicted octanol–water partition coefficient (Wildman–Crippen LogP) is 1.08. The molecule has 0 spiro atoms. The average Bonchev–Trinajstić information content (AvgIpc) is 3.60. The Bertz CT molecular complexity index is 1310. The van der Waals surface area contributed by atoms with E-state index >= 15 is 0 Å². The number of carbonyl (C=O) groups excluding carboxylic acids is 3. The number of rotatable bonds is 3. The summed E-state index contributed by atoms with van der Waals surface area (Å²) < 4.78 is 16.3. The third-order valence-corrected chi connectivity index (χ3v) is 6.25. The number of aliphatic imine (C=N–C) groups is 2. The number of hydrogen-bond donors (Lipinski definition) is 1. The van der Waals surface area contributed by atoms with E-state index in [4.69, 9.17) is 14.2 Å². The van der Waals surface area contributed by atoms with Crippen molar-refractivity contribution in [2.75, 3.05) is 26.7 Å². The molecule has 4 aliphatic heterocycles. The Balaban J connectivity index is 1.32. The molecule has 35 heavy (non-hydrogen) atoms. The lowest BCUT2D eigenvalue weighted by atomic mass is 10.1. The molecule has 4 aliphatic rings. The molecular weight excluding hydrogens is 456 g/mol. The standard InChI is InChI=1S/C23H20N6O6/c1-33-18-16(35-23(32)29-11-13-9-15(29)21(31)34-13)5-4-14-17(18)26-22(28-8-7-25-19(14)28)27-20(30)12-3-2-6-24-10-12/h2-6,10,13,15H,7-9,11H2,1H3,(H,26,27,30)/t13-,15-/m0/s1. The SMILES string of the molecule is COc1c(OC(=O)N2C[C@@H]3C[C@H]2C(=O)O3)ccc2c1N=C(NC(=O)c1cccnc1)N1CCN=C21. The minimum absolute atomic E-state index is 0.140. The Morgan fingerprint density at radius 1 is 1.26 bits per heavy atom. The van der Waals surface area contributed by atoms with Gasteiger partial charge in [-0.15, -0.1) is 0 Å². The third-order valence-electron chi connectivity index (χ3n) is 6.25. The second kappa shape index (κ2) is 8.08. The Kier molecular flexibility index (Phi) is 4.87. The summed E-state index contributed by atoms with van der Waals surface area (Å²) in [6, 6.07) is 6.04. The monoisotopic (exact) mass is 476 g/mol. The fourth-order valence-corrected chi connectivity index (χ4v) is 4.64. The van der Waals surface area contributed by atoms with Crippen LogP contribution in [0.15, 0.2) is 46.6 Å². The summed E-state index contributed by atoms with van der Waals surface area (Å²) in [5, 5.41) is 2.82. The van der Waals surface area contributed by atoms with E-state index in [9.17, 15) is 14.4 Å². The van der Waals surface area contributed by atoms with Crippen molar-refractivity contribution in [1.29, 1.82) is 0 Å². The highest BCUT2D eigenvalue weighted by Gasteiger charge is 2.49. The van der Waals surface area contributed by atoms with Gasteiger partial charge in [0.05, 0.1) is 25.8 Å². The summed E-state index contributed by atoms with van der Waals surface area (Å²) in [5.74, 6) is 0.472. The zero-order valence-corrected chi connectivity index (χ0v) is 18.6. The molecule has 0 saturated carbocycles.